The highest BCUT2D eigenvalue weighted by Gasteiger charge is 2.41. The summed E-state index contributed by atoms with van der Waals surface area (Å²) >= 11 is 0. The molecule has 2 saturated carbocycles. The van der Waals surface area contributed by atoms with Gasteiger partial charge in [0.15, 0.2) is 0 Å². The highest BCUT2D eigenvalue weighted by atomic mass is 16.5. The summed E-state index contributed by atoms with van der Waals surface area (Å²) in [5, 5.41) is 3.80. The van der Waals surface area contributed by atoms with E-state index in [0.717, 1.165) is 43.7 Å². The van der Waals surface area contributed by atoms with Gasteiger partial charge >= 0.3 is 0 Å². The molecule has 2 rings (SSSR count). The Morgan fingerprint density at radius 1 is 1.33 bits per heavy atom. The Balaban J connectivity index is 1.78. The van der Waals surface area contributed by atoms with E-state index >= 15 is 0 Å². The predicted octanol–water partition coefficient (Wildman–Crippen LogP) is 2.15. The third kappa shape index (κ3) is 3.46. The van der Waals surface area contributed by atoms with Gasteiger partial charge in [-0.05, 0) is 63.3 Å². The normalized spacial score (nSPS) is 33.8. The summed E-state index contributed by atoms with van der Waals surface area (Å²) in [7, 11) is 1.79. The molecule has 0 aromatic rings. The van der Waals surface area contributed by atoms with E-state index in [2.05, 4.69) is 12.2 Å². The summed E-state index contributed by atoms with van der Waals surface area (Å²) in [6, 6.07) is 1.12. The number of nitrogens with one attached hydrogen (secondary N) is 1. The standard InChI is InChI=1S/C15H30N2O/c1-11(15-9-12-5-6-13(15)8-12)17-14(10-18-2)4-3-7-16/h11-15,17H,3-10,16H2,1-2H3. The summed E-state index contributed by atoms with van der Waals surface area (Å²) in [6.45, 7) is 3.96. The fraction of sp³-hybridized carbons (Fsp3) is 1.00. The molecule has 18 heavy (non-hydrogen) atoms. The van der Waals surface area contributed by atoms with E-state index in [4.69, 9.17) is 10.5 Å². The average molecular weight is 254 g/mol. The Labute approximate surface area is 112 Å². The van der Waals surface area contributed by atoms with Gasteiger partial charge in [-0.15, -0.1) is 0 Å². The van der Waals surface area contributed by atoms with E-state index in [0.29, 0.717) is 12.1 Å². The maximum atomic E-state index is 5.61. The third-order valence-corrected chi connectivity index (χ3v) is 5.06. The minimum absolute atomic E-state index is 0.479. The first-order valence-electron chi connectivity index (χ1n) is 7.69. The second-order valence-electron chi connectivity index (χ2n) is 6.38. The molecule has 0 aromatic heterocycles. The first-order valence-corrected chi connectivity index (χ1v) is 7.69. The largest absolute Gasteiger partial charge is 0.383 e. The van der Waals surface area contributed by atoms with Crippen molar-refractivity contribution in [2.75, 3.05) is 20.3 Å². The van der Waals surface area contributed by atoms with E-state index in [9.17, 15) is 0 Å². The number of rotatable bonds is 8. The van der Waals surface area contributed by atoms with Gasteiger partial charge in [-0.1, -0.05) is 6.42 Å². The lowest BCUT2D eigenvalue weighted by molar-refractivity contribution is 0.143. The van der Waals surface area contributed by atoms with Gasteiger partial charge in [0, 0.05) is 19.2 Å². The molecular formula is C15H30N2O. The lowest BCUT2D eigenvalue weighted by Gasteiger charge is -2.32. The van der Waals surface area contributed by atoms with Crippen LogP contribution in [0.2, 0.25) is 0 Å². The number of hydrogen-bond acceptors (Lipinski definition) is 3. The van der Waals surface area contributed by atoms with Gasteiger partial charge in [0.25, 0.3) is 0 Å². The first-order chi connectivity index (χ1) is 8.74. The molecule has 3 nitrogen and oxygen atoms in total. The summed E-state index contributed by atoms with van der Waals surface area (Å²) < 4.78 is 5.32. The van der Waals surface area contributed by atoms with Gasteiger partial charge < -0.3 is 15.8 Å². The number of fused-ring (bicyclic) bond motifs is 2. The molecule has 3 N–H and O–H groups in total. The topological polar surface area (TPSA) is 47.3 Å². The van der Waals surface area contributed by atoms with E-state index in [1.165, 1.54) is 25.7 Å². The Morgan fingerprint density at radius 2 is 2.17 bits per heavy atom. The Hall–Kier alpha value is -0.120. The van der Waals surface area contributed by atoms with E-state index < -0.39 is 0 Å². The predicted molar refractivity (Wildman–Crippen MR) is 75.5 cm³/mol. The second-order valence-corrected chi connectivity index (χ2v) is 6.38. The average Bonchev–Trinajstić information content (AvgIpc) is 2.98. The molecule has 0 spiro atoms. The zero-order chi connectivity index (χ0) is 13.0. The van der Waals surface area contributed by atoms with Crippen molar-refractivity contribution >= 4 is 0 Å². The summed E-state index contributed by atoms with van der Waals surface area (Å²) in [5.41, 5.74) is 5.61. The molecule has 2 aliphatic carbocycles. The van der Waals surface area contributed by atoms with Crippen molar-refractivity contribution in [2.24, 2.45) is 23.5 Å². The molecule has 0 aromatic carbocycles. The van der Waals surface area contributed by atoms with Gasteiger partial charge in [0.2, 0.25) is 0 Å². The van der Waals surface area contributed by atoms with Crippen LogP contribution in [-0.4, -0.2) is 32.3 Å². The van der Waals surface area contributed by atoms with Crippen molar-refractivity contribution in [2.45, 2.75) is 57.5 Å². The molecule has 5 atom stereocenters. The summed E-state index contributed by atoms with van der Waals surface area (Å²) in [5.74, 6) is 2.94. The monoisotopic (exact) mass is 254 g/mol. The second kappa shape index (κ2) is 6.88. The molecule has 0 amide bonds. The third-order valence-electron chi connectivity index (χ3n) is 5.06. The molecule has 3 heteroatoms. The minimum atomic E-state index is 0.479. The molecule has 0 aliphatic heterocycles. The zero-order valence-corrected chi connectivity index (χ0v) is 12.0. The van der Waals surface area contributed by atoms with E-state index in [-0.39, 0.29) is 0 Å². The quantitative estimate of drug-likeness (QED) is 0.698. The highest BCUT2D eigenvalue weighted by Crippen LogP contribution is 2.49. The van der Waals surface area contributed by atoms with Crippen molar-refractivity contribution in [3.63, 3.8) is 0 Å². The Bertz CT molecular complexity index is 247. The fourth-order valence-corrected chi connectivity index (χ4v) is 4.18. The van der Waals surface area contributed by atoms with Crippen LogP contribution in [0, 0.1) is 17.8 Å². The first kappa shape index (κ1) is 14.3. The van der Waals surface area contributed by atoms with Crippen molar-refractivity contribution in [1.29, 1.82) is 0 Å². The van der Waals surface area contributed by atoms with E-state index in [1.807, 2.05) is 0 Å². The van der Waals surface area contributed by atoms with Crippen molar-refractivity contribution in [3.05, 3.63) is 0 Å². The van der Waals surface area contributed by atoms with Crippen LogP contribution in [0.3, 0.4) is 0 Å². The molecule has 0 radical (unpaired) electrons. The van der Waals surface area contributed by atoms with Gasteiger partial charge in [0.1, 0.15) is 0 Å². The number of ether oxygens (including phenoxy) is 1. The van der Waals surface area contributed by atoms with E-state index in [1.54, 1.807) is 7.11 Å². The van der Waals surface area contributed by atoms with Crippen LogP contribution < -0.4 is 11.1 Å². The molecular weight excluding hydrogens is 224 g/mol. The SMILES string of the molecule is COCC(CCCN)NC(C)C1CC2CCC1C2. The summed E-state index contributed by atoms with van der Waals surface area (Å²) in [6.07, 6.45) is 8.13. The van der Waals surface area contributed by atoms with Gasteiger partial charge in [-0.25, -0.2) is 0 Å². The summed E-state index contributed by atoms with van der Waals surface area (Å²) in [4.78, 5) is 0. The molecule has 2 fully saturated rings. The van der Waals surface area contributed by atoms with Gasteiger partial charge in [-0.2, -0.15) is 0 Å². The van der Waals surface area contributed by atoms with Gasteiger partial charge in [-0.3, -0.25) is 0 Å². The highest BCUT2D eigenvalue weighted by molar-refractivity contribution is 4.94. The van der Waals surface area contributed by atoms with Crippen molar-refractivity contribution < 1.29 is 4.74 Å². The zero-order valence-electron chi connectivity index (χ0n) is 12.0. The Morgan fingerprint density at radius 3 is 2.72 bits per heavy atom. The molecule has 0 heterocycles. The number of hydrogen-bond donors (Lipinski definition) is 2. The lowest BCUT2D eigenvalue weighted by atomic mass is 9.83. The van der Waals surface area contributed by atoms with Crippen LogP contribution in [0.15, 0.2) is 0 Å². The maximum absolute atomic E-state index is 5.61. The lowest BCUT2D eigenvalue weighted by Crippen LogP contribution is -2.44. The molecule has 0 saturated heterocycles. The fourth-order valence-electron chi connectivity index (χ4n) is 4.18. The van der Waals surface area contributed by atoms with Crippen LogP contribution in [-0.2, 0) is 4.74 Å². The van der Waals surface area contributed by atoms with Crippen LogP contribution in [0.5, 0.6) is 0 Å². The molecule has 2 aliphatic rings. The van der Waals surface area contributed by atoms with Gasteiger partial charge in [0.05, 0.1) is 6.61 Å². The molecule has 106 valence electrons. The number of nitrogens with two attached hydrogens (primary N) is 1. The maximum Gasteiger partial charge on any atom is 0.0615 e. The van der Waals surface area contributed by atoms with Crippen LogP contribution in [0.1, 0.15) is 45.4 Å². The molecule has 2 bridgehead atoms. The smallest absolute Gasteiger partial charge is 0.0615 e. The van der Waals surface area contributed by atoms with Crippen molar-refractivity contribution in [3.8, 4) is 0 Å². The van der Waals surface area contributed by atoms with Crippen LogP contribution in [0.25, 0.3) is 0 Å². The molecule has 5 unspecified atom stereocenters. The minimum Gasteiger partial charge on any atom is -0.383 e. The number of methoxy groups -OCH3 is 1. The van der Waals surface area contributed by atoms with Crippen molar-refractivity contribution in [1.82, 2.24) is 5.32 Å². The van der Waals surface area contributed by atoms with Crippen LogP contribution in [0.4, 0.5) is 0 Å². The van der Waals surface area contributed by atoms with Crippen LogP contribution >= 0.6 is 0 Å². The Kier molecular flexibility index (Phi) is 5.46.